The van der Waals surface area contributed by atoms with Crippen LogP contribution in [0.3, 0.4) is 0 Å². The van der Waals surface area contributed by atoms with Gasteiger partial charge in [0, 0.05) is 12.6 Å². The van der Waals surface area contributed by atoms with Gasteiger partial charge in [-0.05, 0) is 46.5 Å². The molecular weight excluding hydrogens is 290 g/mol. The summed E-state index contributed by atoms with van der Waals surface area (Å²) in [5.74, 6) is 0. The fourth-order valence-corrected chi connectivity index (χ4v) is 3.59. The van der Waals surface area contributed by atoms with Crippen molar-refractivity contribution < 1.29 is 9.53 Å². The average molecular weight is 321 g/mol. The van der Waals surface area contributed by atoms with Crippen molar-refractivity contribution in [2.24, 2.45) is 0 Å². The maximum absolute atomic E-state index is 12.3. The van der Waals surface area contributed by atoms with Crippen molar-refractivity contribution in [3.05, 3.63) is 0 Å². The third-order valence-electron chi connectivity index (χ3n) is 4.69. The van der Waals surface area contributed by atoms with Crippen LogP contribution in [0.5, 0.6) is 0 Å². The second-order valence-corrected chi connectivity index (χ2v) is 8.03. The fraction of sp³-hybridized carbons (Fsp3) is 0.889. The molecule has 0 radical (unpaired) electrons. The maximum Gasteiger partial charge on any atom is 0.410 e. The predicted octanol–water partition coefficient (Wildman–Crippen LogP) is 3.59. The van der Waals surface area contributed by atoms with E-state index in [0.717, 1.165) is 25.7 Å². The smallest absolute Gasteiger partial charge is 0.410 e. The lowest BCUT2D eigenvalue weighted by Gasteiger charge is -2.41. The predicted molar refractivity (Wildman–Crippen MR) is 90.0 cm³/mol. The van der Waals surface area contributed by atoms with Crippen LogP contribution in [0.15, 0.2) is 0 Å². The second kappa shape index (κ2) is 7.53. The summed E-state index contributed by atoms with van der Waals surface area (Å²) in [7, 11) is 0. The average Bonchev–Trinajstić information content (AvgIpc) is 2.74. The molecule has 2 aliphatic rings. The lowest BCUT2D eigenvalue weighted by atomic mass is 9.88. The van der Waals surface area contributed by atoms with Gasteiger partial charge in [0.05, 0.1) is 12.6 Å². The molecule has 1 amide bonds. The molecule has 5 nitrogen and oxygen atoms in total. The monoisotopic (exact) mass is 321 g/mol. The Hall–Kier alpha value is -1.28. The van der Waals surface area contributed by atoms with Gasteiger partial charge >= 0.3 is 6.09 Å². The number of rotatable bonds is 2. The van der Waals surface area contributed by atoms with Gasteiger partial charge in [-0.1, -0.05) is 25.7 Å². The molecule has 2 rings (SSSR count). The Morgan fingerprint density at radius 3 is 2.43 bits per heavy atom. The highest BCUT2D eigenvalue weighted by Gasteiger charge is 2.40. The highest BCUT2D eigenvalue weighted by atomic mass is 16.6. The molecule has 1 saturated carbocycles. The Morgan fingerprint density at radius 2 is 1.87 bits per heavy atom. The number of amides is 1. The quantitative estimate of drug-likeness (QED) is 0.789. The SMILES string of the molecule is CC(C)(C)OC(=O)N1CCCC(C#N)(NC2CCCCCC2)C1. The molecule has 0 spiro atoms. The van der Waals surface area contributed by atoms with Gasteiger partial charge in [-0.2, -0.15) is 5.26 Å². The van der Waals surface area contributed by atoms with Crippen LogP contribution in [0.25, 0.3) is 0 Å². The molecule has 1 aliphatic heterocycles. The number of piperidine rings is 1. The minimum Gasteiger partial charge on any atom is -0.444 e. The van der Waals surface area contributed by atoms with Crippen LogP contribution in [0.1, 0.15) is 72.1 Å². The normalized spacial score (nSPS) is 27.1. The molecule has 0 aromatic carbocycles. The van der Waals surface area contributed by atoms with Gasteiger partial charge in [0.1, 0.15) is 11.1 Å². The molecule has 1 atom stereocenters. The Kier molecular flexibility index (Phi) is 5.91. The summed E-state index contributed by atoms with van der Waals surface area (Å²) in [6.45, 7) is 6.71. The zero-order chi connectivity index (χ0) is 16.9. The van der Waals surface area contributed by atoms with Crippen LogP contribution >= 0.6 is 0 Å². The minimum absolute atomic E-state index is 0.306. The van der Waals surface area contributed by atoms with E-state index in [4.69, 9.17) is 4.74 Å². The summed E-state index contributed by atoms with van der Waals surface area (Å²) in [5, 5.41) is 13.4. The van der Waals surface area contributed by atoms with Gasteiger partial charge in [-0.15, -0.1) is 0 Å². The number of nitrogens with one attached hydrogen (secondary N) is 1. The second-order valence-electron chi connectivity index (χ2n) is 8.03. The molecule has 0 bridgehead atoms. The number of nitriles is 1. The maximum atomic E-state index is 12.3. The van der Waals surface area contributed by atoms with E-state index in [1.807, 2.05) is 20.8 Å². The Bertz CT molecular complexity index is 444. The number of nitrogens with zero attached hydrogens (tertiary/aromatic N) is 2. The van der Waals surface area contributed by atoms with Crippen LogP contribution in [0, 0.1) is 11.3 Å². The van der Waals surface area contributed by atoms with Crippen LogP contribution in [-0.2, 0) is 4.74 Å². The Balaban J connectivity index is 2.00. The van der Waals surface area contributed by atoms with Gasteiger partial charge in [0.15, 0.2) is 0 Å². The lowest BCUT2D eigenvalue weighted by molar-refractivity contribution is 0.0142. The van der Waals surface area contributed by atoms with E-state index >= 15 is 0 Å². The van der Waals surface area contributed by atoms with Gasteiger partial charge < -0.3 is 9.64 Å². The van der Waals surface area contributed by atoms with Crippen molar-refractivity contribution in [3.63, 3.8) is 0 Å². The summed E-state index contributed by atoms with van der Waals surface area (Å²) >= 11 is 0. The van der Waals surface area contributed by atoms with Crippen molar-refractivity contribution in [3.8, 4) is 6.07 Å². The largest absolute Gasteiger partial charge is 0.444 e. The molecule has 130 valence electrons. The van der Waals surface area contributed by atoms with Crippen molar-refractivity contribution in [2.75, 3.05) is 13.1 Å². The van der Waals surface area contributed by atoms with Crippen molar-refractivity contribution in [1.82, 2.24) is 10.2 Å². The summed E-state index contributed by atoms with van der Waals surface area (Å²) in [4.78, 5) is 14.0. The third kappa shape index (κ3) is 5.39. The fourth-order valence-electron chi connectivity index (χ4n) is 3.59. The molecule has 1 aliphatic carbocycles. The zero-order valence-electron chi connectivity index (χ0n) is 14.9. The van der Waals surface area contributed by atoms with Gasteiger partial charge in [-0.3, -0.25) is 5.32 Å². The number of hydrogen-bond acceptors (Lipinski definition) is 4. The zero-order valence-corrected chi connectivity index (χ0v) is 14.9. The molecule has 1 heterocycles. The van der Waals surface area contributed by atoms with Gasteiger partial charge in [0.25, 0.3) is 0 Å². The highest BCUT2D eigenvalue weighted by Crippen LogP contribution is 2.26. The molecule has 1 N–H and O–H groups in total. The highest BCUT2D eigenvalue weighted by molar-refractivity contribution is 5.68. The summed E-state index contributed by atoms with van der Waals surface area (Å²) in [6, 6.07) is 2.87. The van der Waals surface area contributed by atoms with Crippen LogP contribution in [0.4, 0.5) is 4.79 Å². The first kappa shape index (κ1) is 18.1. The first-order valence-electron chi connectivity index (χ1n) is 9.00. The topological polar surface area (TPSA) is 65.4 Å². The first-order chi connectivity index (χ1) is 10.8. The number of carbonyl (C=O) groups excluding carboxylic acids is 1. The van der Waals surface area contributed by atoms with E-state index in [1.54, 1.807) is 4.90 Å². The lowest BCUT2D eigenvalue weighted by Crippen LogP contribution is -2.60. The molecule has 0 aromatic heterocycles. The number of carbonyl (C=O) groups is 1. The van der Waals surface area contributed by atoms with E-state index in [1.165, 1.54) is 25.7 Å². The van der Waals surface area contributed by atoms with Crippen molar-refractivity contribution in [2.45, 2.75) is 89.3 Å². The van der Waals surface area contributed by atoms with Crippen molar-refractivity contribution in [1.29, 1.82) is 5.26 Å². The Morgan fingerprint density at radius 1 is 1.22 bits per heavy atom. The van der Waals surface area contributed by atoms with Crippen LogP contribution < -0.4 is 5.32 Å². The Labute approximate surface area is 140 Å². The van der Waals surface area contributed by atoms with Crippen LogP contribution in [-0.4, -0.2) is 41.3 Å². The van der Waals surface area contributed by atoms with Gasteiger partial charge in [0.2, 0.25) is 0 Å². The van der Waals surface area contributed by atoms with E-state index in [9.17, 15) is 10.1 Å². The summed E-state index contributed by atoms with van der Waals surface area (Å²) in [6.07, 6.45) is 8.66. The molecule has 5 heteroatoms. The van der Waals surface area contributed by atoms with E-state index in [0.29, 0.717) is 19.1 Å². The van der Waals surface area contributed by atoms with E-state index in [-0.39, 0.29) is 6.09 Å². The van der Waals surface area contributed by atoms with Crippen molar-refractivity contribution >= 4 is 6.09 Å². The molecule has 1 saturated heterocycles. The first-order valence-corrected chi connectivity index (χ1v) is 9.00. The summed E-state index contributed by atoms with van der Waals surface area (Å²) < 4.78 is 5.47. The summed E-state index contributed by atoms with van der Waals surface area (Å²) in [5.41, 5.74) is -1.12. The molecule has 1 unspecified atom stereocenters. The standard InChI is InChI=1S/C18H31N3O2/c1-17(2,3)23-16(22)21-12-8-11-18(13-19,14-21)20-15-9-6-4-5-7-10-15/h15,20H,4-12,14H2,1-3H3. The number of ether oxygens (including phenoxy) is 1. The number of likely N-dealkylation sites (tertiary alicyclic amines) is 1. The van der Waals surface area contributed by atoms with E-state index < -0.39 is 11.1 Å². The minimum atomic E-state index is -0.621. The molecular formula is C18H31N3O2. The van der Waals surface area contributed by atoms with Crippen LogP contribution in [0.2, 0.25) is 0 Å². The molecule has 23 heavy (non-hydrogen) atoms. The van der Waals surface area contributed by atoms with E-state index in [2.05, 4.69) is 11.4 Å². The third-order valence-corrected chi connectivity index (χ3v) is 4.69. The molecule has 0 aromatic rings. The van der Waals surface area contributed by atoms with Gasteiger partial charge in [-0.25, -0.2) is 4.79 Å². The number of hydrogen-bond donors (Lipinski definition) is 1. The molecule has 2 fully saturated rings.